The number of hydrogen-bond donors (Lipinski definition) is 1. The van der Waals surface area contributed by atoms with Crippen molar-refractivity contribution in [1.82, 2.24) is 9.97 Å². The summed E-state index contributed by atoms with van der Waals surface area (Å²) in [6.45, 7) is 0. The van der Waals surface area contributed by atoms with Crippen molar-refractivity contribution >= 4 is 32.1 Å². The van der Waals surface area contributed by atoms with Gasteiger partial charge in [-0.15, -0.1) is 12.4 Å². The normalized spacial score (nSPS) is 10.8. The molecule has 0 saturated carbocycles. The van der Waals surface area contributed by atoms with E-state index in [0.29, 0.717) is 5.75 Å². The topological polar surface area (TPSA) is 62.8 Å². The first kappa shape index (κ1) is 11.8. The van der Waals surface area contributed by atoms with Gasteiger partial charge in [-0.3, -0.25) is 0 Å². The van der Waals surface area contributed by atoms with Gasteiger partial charge in [-0.05, 0) is 10.8 Å². The molecular formula is C5H9ClN2O2S2. The average molecular weight is 229 g/mol. The maximum atomic E-state index is 10.7. The van der Waals surface area contributed by atoms with E-state index in [1.807, 2.05) is 0 Å². The molecule has 0 bridgehead atoms. The van der Waals surface area contributed by atoms with E-state index >= 15 is 0 Å². The molecule has 1 N–H and O–H groups in total. The zero-order chi connectivity index (χ0) is 8.32. The van der Waals surface area contributed by atoms with Crippen LogP contribution in [0, 0.1) is 0 Å². The maximum absolute atomic E-state index is 10.7. The molecule has 7 heteroatoms. The van der Waals surface area contributed by atoms with Crippen molar-refractivity contribution in [3.63, 3.8) is 0 Å². The predicted octanol–water partition coefficient (Wildman–Crippen LogP) is 1.02. The van der Waals surface area contributed by atoms with Crippen LogP contribution in [0.2, 0.25) is 0 Å². The van der Waals surface area contributed by atoms with E-state index in [1.165, 1.54) is 12.6 Å². The van der Waals surface area contributed by atoms with Gasteiger partial charge in [0.25, 0.3) is 0 Å². The molecule has 0 amide bonds. The van der Waals surface area contributed by atoms with Crippen LogP contribution >= 0.6 is 23.2 Å². The Kier molecular flexibility index (Phi) is 4.66. The second kappa shape index (κ2) is 4.74. The van der Waals surface area contributed by atoms with Crippen molar-refractivity contribution in [3.05, 3.63) is 18.2 Å². The molecule has 0 aliphatic carbocycles. The Morgan fingerprint density at radius 2 is 2.33 bits per heavy atom. The van der Waals surface area contributed by atoms with Crippen molar-refractivity contribution in [1.29, 1.82) is 0 Å². The van der Waals surface area contributed by atoms with Gasteiger partial charge in [0, 0.05) is 18.1 Å². The average Bonchev–Trinajstić information content (AvgIpc) is 2.32. The van der Waals surface area contributed by atoms with Gasteiger partial charge >= 0.3 is 0 Å². The zero-order valence-electron chi connectivity index (χ0n) is 6.35. The molecule has 70 valence electrons. The largest absolute Gasteiger partial charge is 0.348 e. The molecule has 0 aliphatic rings. The fourth-order valence-electron chi connectivity index (χ4n) is 0.534. The quantitative estimate of drug-likeness (QED) is 0.785. The molecule has 1 aromatic rings. The van der Waals surface area contributed by atoms with Crippen LogP contribution in [0.25, 0.3) is 0 Å². The third-order valence-corrected chi connectivity index (χ3v) is 3.48. The highest BCUT2D eigenvalue weighted by Gasteiger charge is 2.03. The first-order valence-corrected chi connectivity index (χ1v) is 6.29. The number of aromatic nitrogens is 2. The maximum Gasteiger partial charge on any atom is 0.199 e. The van der Waals surface area contributed by atoms with Crippen LogP contribution in [0.5, 0.6) is 0 Å². The number of aromatic amines is 1. The lowest BCUT2D eigenvalue weighted by molar-refractivity contribution is 0.615. The van der Waals surface area contributed by atoms with E-state index < -0.39 is 8.87 Å². The summed E-state index contributed by atoms with van der Waals surface area (Å²) in [5.74, 6) is 0.429. The molecule has 0 aliphatic heterocycles. The number of nitrogens with one attached hydrogen (secondary N) is 1. The minimum atomic E-state index is -2.93. The van der Waals surface area contributed by atoms with Crippen molar-refractivity contribution in [2.75, 3.05) is 6.26 Å². The van der Waals surface area contributed by atoms with E-state index in [-0.39, 0.29) is 12.4 Å². The van der Waals surface area contributed by atoms with Gasteiger partial charge in [0.15, 0.2) is 8.87 Å². The zero-order valence-corrected chi connectivity index (χ0v) is 8.80. The van der Waals surface area contributed by atoms with Crippen LogP contribution in [-0.4, -0.2) is 24.6 Å². The summed E-state index contributed by atoms with van der Waals surface area (Å²) in [6.07, 6.45) is 4.32. The first-order valence-electron chi connectivity index (χ1n) is 2.89. The summed E-state index contributed by atoms with van der Waals surface area (Å²) >= 11 is 0. The molecule has 4 nitrogen and oxygen atoms in total. The number of halogens is 1. The highest BCUT2D eigenvalue weighted by Crippen LogP contribution is 2.14. The minimum absolute atomic E-state index is 0. The third kappa shape index (κ3) is 4.63. The van der Waals surface area contributed by atoms with E-state index in [9.17, 15) is 8.42 Å². The lowest BCUT2D eigenvalue weighted by atomic mass is 10.6. The highest BCUT2D eigenvalue weighted by atomic mass is 35.5. The molecule has 0 unspecified atom stereocenters. The Morgan fingerprint density at radius 1 is 1.67 bits per heavy atom. The summed E-state index contributed by atoms with van der Waals surface area (Å²) < 4.78 is 21.3. The summed E-state index contributed by atoms with van der Waals surface area (Å²) in [6, 6.07) is 0. The van der Waals surface area contributed by atoms with Crippen molar-refractivity contribution < 1.29 is 8.42 Å². The Balaban J connectivity index is 0.00000121. The van der Waals surface area contributed by atoms with E-state index in [2.05, 4.69) is 9.97 Å². The summed E-state index contributed by atoms with van der Waals surface area (Å²) in [4.78, 5) is 6.57. The Morgan fingerprint density at radius 3 is 2.75 bits per heavy atom. The second-order valence-corrected chi connectivity index (χ2v) is 6.50. The van der Waals surface area contributed by atoms with E-state index in [0.717, 1.165) is 16.5 Å². The molecule has 0 radical (unpaired) electrons. The second-order valence-electron chi connectivity index (χ2n) is 2.04. The summed E-state index contributed by atoms with van der Waals surface area (Å²) in [5.41, 5.74) is 0.820. The van der Waals surface area contributed by atoms with Crippen LogP contribution in [0.15, 0.2) is 12.5 Å². The van der Waals surface area contributed by atoms with Crippen molar-refractivity contribution in [2.24, 2.45) is 0 Å². The number of H-pyrrole nitrogens is 1. The molecule has 0 atom stereocenters. The fourth-order valence-corrected chi connectivity index (χ4v) is 2.06. The number of rotatable bonds is 3. The number of imidazole rings is 1. The Labute approximate surface area is 80.9 Å². The van der Waals surface area contributed by atoms with Gasteiger partial charge in [-0.2, -0.15) is 0 Å². The van der Waals surface area contributed by atoms with E-state index in [4.69, 9.17) is 0 Å². The highest BCUT2D eigenvalue weighted by molar-refractivity contribution is 8.71. The summed E-state index contributed by atoms with van der Waals surface area (Å²) in [5, 5.41) is 0. The standard InChI is InChI=1S/C5H8N2O2S2.ClH/c1-11(8,9)10-3-5-2-6-4-7-5;/h2,4H,3H2,1H3,(H,6,7);1H. The van der Waals surface area contributed by atoms with Gasteiger partial charge in [-0.25, -0.2) is 13.4 Å². The monoisotopic (exact) mass is 228 g/mol. The van der Waals surface area contributed by atoms with Crippen molar-refractivity contribution in [2.45, 2.75) is 5.75 Å². The minimum Gasteiger partial charge on any atom is -0.348 e. The van der Waals surface area contributed by atoms with Gasteiger partial charge < -0.3 is 4.98 Å². The van der Waals surface area contributed by atoms with Crippen LogP contribution in [0.4, 0.5) is 0 Å². The van der Waals surface area contributed by atoms with Gasteiger partial charge in [0.2, 0.25) is 0 Å². The molecule has 0 fully saturated rings. The molecule has 1 rings (SSSR count). The van der Waals surface area contributed by atoms with Crippen LogP contribution in [0.1, 0.15) is 5.69 Å². The number of nitrogens with zero attached hydrogens (tertiary/aromatic N) is 1. The van der Waals surface area contributed by atoms with Gasteiger partial charge in [0.05, 0.1) is 12.1 Å². The molecule has 0 saturated heterocycles. The van der Waals surface area contributed by atoms with Gasteiger partial charge in [-0.1, -0.05) is 0 Å². The molecule has 0 spiro atoms. The Bertz CT molecular complexity index is 308. The lowest BCUT2D eigenvalue weighted by Gasteiger charge is -1.93. The van der Waals surface area contributed by atoms with Crippen LogP contribution in [0.3, 0.4) is 0 Å². The number of hydrogen-bond acceptors (Lipinski definition) is 4. The third-order valence-electron chi connectivity index (χ3n) is 0.983. The molecule has 12 heavy (non-hydrogen) atoms. The summed E-state index contributed by atoms with van der Waals surface area (Å²) in [7, 11) is -2.04. The molecule has 1 aromatic heterocycles. The molecular weight excluding hydrogens is 220 g/mol. The smallest absolute Gasteiger partial charge is 0.199 e. The Hall–Kier alpha value is -0.200. The van der Waals surface area contributed by atoms with E-state index in [1.54, 1.807) is 6.20 Å². The fraction of sp³-hybridized carbons (Fsp3) is 0.400. The lowest BCUT2D eigenvalue weighted by Crippen LogP contribution is -1.89. The SMILES string of the molecule is CS(=O)(=O)SCc1cnc[nH]1.Cl. The van der Waals surface area contributed by atoms with Crippen molar-refractivity contribution in [3.8, 4) is 0 Å². The predicted molar refractivity (Wildman–Crippen MR) is 52.0 cm³/mol. The van der Waals surface area contributed by atoms with Gasteiger partial charge in [0.1, 0.15) is 0 Å². The molecule has 0 aromatic carbocycles. The first-order chi connectivity index (χ1) is 5.08. The van der Waals surface area contributed by atoms with Crippen LogP contribution in [-0.2, 0) is 14.6 Å². The molecule has 1 heterocycles. The van der Waals surface area contributed by atoms with Crippen LogP contribution < -0.4 is 0 Å².